The fraction of sp³-hybridized carbons (Fsp3) is 0.500. The van der Waals surface area contributed by atoms with Crippen molar-refractivity contribution in [3.63, 3.8) is 0 Å². The molecular formula is C16H22N4O3. The first-order valence-electron chi connectivity index (χ1n) is 7.85. The molecule has 7 nitrogen and oxygen atoms in total. The van der Waals surface area contributed by atoms with E-state index >= 15 is 0 Å². The largest absolute Gasteiger partial charge is 0.467 e. The van der Waals surface area contributed by atoms with Gasteiger partial charge < -0.3 is 15.4 Å². The summed E-state index contributed by atoms with van der Waals surface area (Å²) in [7, 11) is 1.32. The number of fused-ring (bicyclic) bond motifs is 1. The molecule has 0 aromatic heterocycles. The molecule has 0 saturated carbocycles. The summed E-state index contributed by atoms with van der Waals surface area (Å²) in [5.74, 6) is -0.514. The predicted octanol–water partition coefficient (Wildman–Crippen LogP) is -0.529. The van der Waals surface area contributed by atoms with Crippen molar-refractivity contribution in [3.05, 3.63) is 35.9 Å². The van der Waals surface area contributed by atoms with E-state index in [1.807, 2.05) is 18.2 Å². The number of amides is 1. The topological polar surface area (TPSA) is 91.5 Å². The summed E-state index contributed by atoms with van der Waals surface area (Å²) in [4.78, 5) is 24.7. The number of ether oxygens (including phenoxy) is 1. The van der Waals surface area contributed by atoms with E-state index in [0.29, 0.717) is 5.56 Å². The summed E-state index contributed by atoms with van der Waals surface area (Å²) in [6.07, 6.45) is 0.973. The highest BCUT2D eigenvalue weighted by atomic mass is 16.5. The van der Waals surface area contributed by atoms with Crippen LogP contribution in [0.15, 0.2) is 30.3 Å². The van der Waals surface area contributed by atoms with Gasteiger partial charge in [-0.2, -0.15) is 0 Å². The molecule has 2 saturated heterocycles. The summed E-state index contributed by atoms with van der Waals surface area (Å²) < 4.78 is 4.83. The van der Waals surface area contributed by atoms with Gasteiger partial charge in [0.05, 0.1) is 7.11 Å². The number of benzene rings is 1. The van der Waals surface area contributed by atoms with Crippen molar-refractivity contribution in [1.29, 1.82) is 0 Å². The van der Waals surface area contributed by atoms with Crippen molar-refractivity contribution in [2.24, 2.45) is 5.92 Å². The van der Waals surface area contributed by atoms with Gasteiger partial charge in [-0.25, -0.2) is 10.2 Å². The van der Waals surface area contributed by atoms with Gasteiger partial charge in [-0.15, -0.1) is 0 Å². The molecule has 0 radical (unpaired) electrons. The first-order valence-corrected chi connectivity index (χ1v) is 7.85. The summed E-state index contributed by atoms with van der Waals surface area (Å²) in [6.45, 7) is 1.72. The first kappa shape index (κ1) is 15.9. The Balaban J connectivity index is 1.72. The van der Waals surface area contributed by atoms with E-state index in [2.05, 4.69) is 21.5 Å². The molecule has 3 rings (SSSR count). The highest BCUT2D eigenvalue weighted by molar-refractivity contribution is 5.88. The number of carbonyl (C=O) groups is 2. The number of hydrogen-bond donors (Lipinski definition) is 4. The van der Waals surface area contributed by atoms with Crippen LogP contribution in [-0.4, -0.2) is 44.2 Å². The van der Waals surface area contributed by atoms with Crippen LogP contribution in [-0.2, 0) is 14.3 Å². The van der Waals surface area contributed by atoms with Gasteiger partial charge in [0.15, 0.2) is 6.04 Å². The SMILES string of the molecule is COC(=O)C(NC(=O)C1NNC2CCNCC21)c1ccccc1. The molecule has 23 heavy (non-hydrogen) atoms. The maximum Gasteiger partial charge on any atom is 0.333 e. The average molecular weight is 318 g/mol. The number of esters is 1. The summed E-state index contributed by atoms with van der Waals surface area (Å²) in [6, 6.07) is 8.22. The number of hydrazine groups is 1. The van der Waals surface area contributed by atoms with E-state index in [1.54, 1.807) is 12.1 Å². The molecule has 0 aliphatic carbocycles. The third-order valence-corrected chi connectivity index (χ3v) is 4.52. The van der Waals surface area contributed by atoms with Gasteiger partial charge in [0, 0.05) is 18.5 Å². The molecule has 2 heterocycles. The smallest absolute Gasteiger partial charge is 0.333 e. The van der Waals surface area contributed by atoms with Gasteiger partial charge in [-0.1, -0.05) is 30.3 Å². The lowest BCUT2D eigenvalue weighted by Crippen LogP contribution is -2.50. The second kappa shape index (κ2) is 7.08. The minimum absolute atomic E-state index is 0.165. The first-order chi connectivity index (χ1) is 11.2. The molecule has 7 heteroatoms. The van der Waals surface area contributed by atoms with E-state index in [0.717, 1.165) is 19.5 Å². The summed E-state index contributed by atoms with van der Waals surface area (Å²) in [5, 5.41) is 6.12. The van der Waals surface area contributed by atoms with Crippen molar-refractivity contribution < 1.29 is 14.3 Å². The molecule has 1 amide bonds. The van der Waals surface area contributed by atoms with E-state index in [1.165, 1.54) is 7.11 Å². The van der Waals surface area contributed by atoms with Gasteiger partial charge in [-0.3, -0.25) is 10.2 Å². The zero-order chi connectivity index (χ0) is 16.2. The number of hydrogen-bond acceptors (Lipinski definition) is 6. The molecule has 0 spiro atoms. The Hall–Kier alpha value is -1.96. The van der Waals surface area contributed by atoms with E-state index in [4.69, 9.17) is 4.74 Å². The Morgan fingerprint density at radius 3 is 2.78 bits per heavy atom. The second-order valence-corrected chi connectivity index (χ2v) is 5.90. The summed E-state index contributed by atoms with van der Waals surface area (Å²) in [5.41, 5.74) is 6.94. The van der Waals surface area contributed by atoms with Gasteiger partial charge in [0.1, 0.15) is 6.04 Å². The van der Waals surface area contributed by atoms with Gasteiger partial charge in [-0.05, 0) is 18.5 Å². The third-order valence-electron chi connectivity index (χ3n) is 4.52. The number of nitrogens with one attached hydrogen (secondary N) is 4. The van der Waals surface area contributed by atoms with Crippen molar-refractivity contribution in [2.75, 3.05) is 20.2 Å². The Morgan fingerprint density at radius 2 is 2.04 bits per heavy atom. The maximum atomic E-state index is 12.7. The van der Waals surface area contributed by atoms with Crippen LogP contribution in [0.1, 0.15) is 18.0 Å². The molecular weight excluding hydrogens is 296 g/mol. The molecule has 1 aromatic carbocycles. The monoisotopic (exact) mass is 318 g/mol. The lowest BCUT2D eigenvalue weighted by atomic mass is 9.89. The number of piperidine rings is 1. The Morgan fingerprint density at radius 1 is 1.26 bits per heavy atom. The Bertz CT molecular complexity index is 566. The Kier molecular flexibility index (Phi) is 4.90. The van der Waals surface area contributed by atoms with Crippen molar-refractivity contribution >= 4 is 11.9 Å². The standard InChI is InChI=1S/C16H22N4O3/c1-23-16(22)13(10-5-3-2-4-6-10)18-15(21)14-11-9-17-8-7-12(11)19-20-14/h2-6,11-14,17,19-20H,7-9H2,1H3,(H,18,21). The maximum absolute atomic E-state index is 12.7. The molecule has 2 aliphatic heterocycles. The molecule has 124 valence electrons. The zero-order valence-corrected chi connectivity index (χ0v) is 13.0. The van der Waals surface area contributed by atoms with E-state index in [-0.39, 0.29) is 23.9 Å². The van der Waals surface area contributed by atoms with Crippen LogP contribution < -0.4 is 21.5 Å². The van der Waals surface area contributed by atoms with Crippen LogP contribution in [0.25, 0.3) is 0 Å². The molecule has 4 N–H and O–H groups in total. The van der Waals surface area contributed by atoms with Crippen LogP contribution in [0.2, 0.25) is 0 Å². The lowest BCUT2D eigenvalue weighted by molar-refractivity contribution is -0.145. The van der Waals surface area contributed by atoms with Crippen molar-refractivity contribution in [3.8, 4) is 0 Å². The van der Waals surface area contributed by atoms with Crippen LogP contribution in [0.4, 0.5) is 0 Å². The number of rotatable bonds is 4. The number of methoxy groups -OCH3 is 1. The highest BCUT2D eigenvalue weighted by Gasteiger charge is 2.42. The Labute approximate surface area is 135 Å². The van der Waals surface area contributed by atoms with Crippen molar-refractivity contribution in [1.82, 2.24) is 21.5 Å². The minimum Gasteiger partial charge on any atom is -0.467 e. The predicted molar refractivity (Wildman–Crippen MR) is 84.2 cm³/mol. The van der Waals surface area contributed by atoms with Crippen molar-refractivity contribution in [2.45, 2.75) is 24.5 Å². The van der Waals surface area contributed by atoms with Gasteiger partial charge >= 0.3 is 5.97 Å². The molecule has 0 bridgehead atoms. The van der Waals surface area contributed by atoms with E-state index in [9.17, 15) is 9.59 Å². The fourth-order valence-electron chi connectivity index (χ4n) is 3.25. The highest BCUT2D eigenvalue weighted by Crippen LogP contribution is 2.21. The minimum atomic E-state index is -0.800. The number of carbonyl (C=O) groups excluding carboxylic acids is 2. The second-order valence-electron chi connectivity index (χ2n) is 5.90. The van der Waals surface area contributed by atoms with Crippen LogP contribution in [0.5, 0.6) is 0 Å². The molecule has 4 unspecified atom stereocenters. The molecule has 2 aliphatic rings. The average Bonchev–Trinajstić information content (AvgIpc) is 3.04. The van der Waals surface area contributed by atoms with Gasteiger partial charge in [0.2, 0.25) is 5.91 Å². The summed E-state index contributed by atoms with van der Waals surface area (Å²) >= 11 is 0. The van der Waals surface area contributed by atoms with Crippen LogP contribution in [0.3, 0.4) is 0 Å². The zero-order valence-electron chi connectivity index (χ0n) is 13.0. The molecule has 1 aromatic rings. The van der Waals surface area contributed by atoms with Gasteiger partial charge in [0.25, 0.3) is 0 Å². The quantitative estimate of drug-likeness (QED) is 0.558. The molecule has 2 fully saturated rings. The fourth-order valence-corrected chi connectivity index (χ4v) is 3.25. The molecule has 4 atom stereocenters. The lowest BCUT2D eigenvalue weighted by Gasteiger charge is -2.28. The third kappa shape index (κ3) is 3.36. The van der Waals surface area contributed by atoms with Crippen LogP contribution >= 0.6 is 0 Å². The van der Waals surface area contributed by atoms with E-state index < -0.39 is 12.0 Å². The normalized spacial score (nSPS) is 27.8. The van der Waals surface area contributed by atoms with Crippen LogP contribution in [0, 0.1) is 5.92 Å².